The Labute approximate surface area is 145 Å². The van der Waals surface area contributed by atoms with Gasteiger partial charge in [-0.1, -0.05) is 12.1 Å². The van der Waals surface area contributed by atoms with Crippen LogP contribution in [0.2, 0.25) is 0 Å². The van der Waals surface area contributed by atoms with Crippen LogP contribution in [0.1, 0.15) is 13.2 Å². The van der Waals surface area contributed by atoms with E-state index in [0.717, 1.165) is 11.0 Å². The maximum Gasteiger partial charge on any atom is 0.217 e. The third-order valence-corrected chi connectivity index (χ3v) is 4.20. The summed E-state index contributed by atoms with van der Waals surface area (Å²) in [6, 6.07) is 12.7. The van der Waals surface area contributed by atoms with E-state index in [4.69, 9.17) is 9.47 Å². The Kier molecular flexibility index (Phi) is 4.72. The van der Waals surface area contributed by atoms with E-state index in [-0.39, 0.29) is 11.3 Å². The molecular weight excluding hydrogens is 320 g/mol. The number of pyridine rings is 1. The van der Waals surface area contributed by atoms with Crippen LogP contribution in [0.5, 0.6) is 5.75 Å². The fraction of sp³-hybridized carbons (Fsp3) is 0.263. The molecule has 3 rings (SSSR count). The molecule has 0 bridgehead atoms. The molecule has 6 nitrogen and oxygen atoms in total. The number of hydrogen-bond donors (Lipinski definition) is 1. The van der Waals surface area contributed by atoms with E-state index in [1.807, 2.05) is 28.8 Å². The van der Waals surface area contributed by atoms with Crippen LogP contribution in [0.25, 0.3) is 21.8 Å². The molecular formula is C19H20N2O4. The zero-order valence-electron chi connectivity index (χ0n) is 14.4. The normalized spacial score (nSPS) is 12.3. The lowest BCUT2D eigenvalue weighted by Crippen LogP contribution is -2.31. The van der Waals surface area contributed by atoms with Gasteiger partial charge in [0.1, 0.15) is 5.75 Å². The van der Waals surface area contributed by atoms with Gasteiger partial charge in [0, 0.05) is 19.4 Å². The molecule has 0 aliphatic heterocycles. The summed E-state index contributed by atoms with van der Waals surface area (Å²) in [6.45, 7) is 1.75. The van der Waals surface area contributed by atoms with Gasteiger partial charge in [0.25, 0.3) is 0 Å². The first-order chi connectivity index (χ1) is 12.1. The minimum atomic E-state index is -0.453. The highest BCUT2D eigenvalue weighted by atomic mass is 16.5. The Morgan fingerprint density at radius 2 is 1.84 bits per heavy atom. The van der Waals surface area contributed by atoms with Crippen molar-refractivity contribution in [2.45, 2.75) is 13.2 Å². The number of para-hydroxylation sites is 1. The lowest BCUT2D eigenvalue weighted by molar-refractivity contribution is -0.119. The van der Waals surface area contributed by atoms with Crippen LogP contribution in [-0.2, 0) is 9.53 Å². The zero-order valence-corrected chi connectivity index (χ0v) is 14.4. The Balaban J connectivity index is 2.35. The number of hydrogen-bond acceptors (Lipinski definition) is 4. The number of carbonyl (C=O) groups excluding carboxylic acids is 1. The molecule has 3 aromatic rings. The van der Waals surface area contributed by atoms with Gasteiger partial charge in [0.15, 0.2) is 11.7 Å². The highest BCUT2D eigenvalue weighted by Gasteiger charge is 2.18. The summed E-state index contributed by atoms with van der Waals surface area (Å²) in [5, 5.41) is 3.91. The van der Waals surface area contributed by atoms with Crippen molar-refractivity contribution >= 4 is 27.7 Å². The van der Waals surface area contributed by atoms with Crippen molar-refractivity contribution < 1.29 is 14.3 Å². The number of carbonyl (C=O) groups is 1. The fourth-order valence-electron chi connectivity index (χ4n) is 3.01. The summed E-state index contributed by atoms with van der Waals surface area (Å²) in [5.74, 6) is 0.473. The molecule has 130 valence electrons. The van der Waals surface area contributed by atoms with Gasteiger partial charge in [-0.15, -0.1) is 0 Å². The second kappa shape index (κ2) is 6.94. The first kappa shape index (κ1) is 17.0. The molecule has 0 saturated carbocycles. The molecule has 1 aromatic heterocycles. The summed E-state index contributed by atoms with van der Waals surface area (Å²) in [4.78, 5) is 24.2. The van der Waals surface area contributed by atoms with Crippen molar-refractivity contribution in [1.82, 2.24) is 9.88 Å². The van der Waals surface area contributed by atoms with E-state index in [0.29, 0.717) is 23.1 Å². The smallest absolute Gasteiger partial charge is 0.217 e. The number of ether oxygens (including phenoxy) is 2. The van der Waals surface area contributed by atoms with Crippen molar-refractivity contribution in [3.05, 3.63) is 52.7 Å². The zero-order chi connectivity index (χ0) is 18.0. The van der Waals surface area contributed by atoms with Crippen LogP contribution in [0, 0.1) is 0 Å². The first-order valence-electron chi connectivity index (χ1n) is 7.95. The second-order valence-corrected chi connectivity index (χ2v) is 5.73. The molecule has 0 fully saturated rings. The van der Waals surface area contributed by atoms with Crippen molar-refractivity contribution in [2.24, 2.45) is 0 Å². The molecule has 0 aliphatic carbocycles. The summed E-state index contributed by atoms with van der Waals surface area (Å²) < 4.78 is 12.8. The van der Waals surface area contributed by atoms with Gasteiger partial charge in [0.2, 0.25) is 5.91 Å². The van der Waals surface area contributed by atoms with Gasteiger partial charge in [0.05, 0.1) is 30.1 Å². The highest BCUT2D eigenvalue weighted by molar-refractivity contribution is 5.94. The van der Waals surface area contributed by atoms with Crippen LogP contribution < -0.4 is 15.5 Å². The summed E-state index contributed by atoms with van der Waals surface area (Å²) in [6.07, 6.45) is -0.453. The highest BCUT2D eigenvalue weighted by Crippen LogP contribution is 2.26. The molecule has 1 amide bonds. The van der Waals surface area contributed by atoms with E-state index in [2.05, 4.69) is 5.32 Å². The number of fused-ring (bicyclic) bond motifs is 2. The molecule has 1 atom stereocenters. The molecule has 0 aliphatic rings. The lowest BCUT2D eigenvalue weighted by Gasteiger charge is -2.24. The number of rotatable bonds is 5. The molecule has 2 aromatic carbocycles. The third kappa shape index (κ3) is 3.08. The molecule has 6 heteroatoms. The minimum absolute atomic E-state index is 0.0601. The van der Waals surface area contributed by atoms with Gasteiger partial charge in [-0.05, 0) is 30.3 Å². The maximum absolute atomic E-state index is 12.9. The summed E-state index contributed by atoms with van der Waals surface area (Å²) >= 11 is 0. The van der Waals surface area contributed by atoms with Gasteiger partial charge in [-0.25, -0.2) is 0 Å². The van der Waals surface area contributed by atoms with Crippen molar-refractivity contribution in [3.8, 4) is 5.75 Å². The largest absolute Gasteiger partial charge is 0.497 e. The molecule has 25 heavy (non-hydrogen) atoms. The Bertz CT molecular complexity index is 994. The molecule has 0 radical (unpaired) electrons. The molecule has 1 unspecified atom stereocenters. The second-order valence-electron chi connectivity index (χ2n) is 5.73. The van der Waals surface area contributed by atoms with E-state index in [1.165, 1.54) is 6.92 Å². The van der Waals surface area contributed by atoms with Crippen LogP contribution in [0.4, 0.5) is 0 Å². The summed E-state index contributed by atoms with van der Waals surface area (Å²) in [7, 11) is 3.14. The number of methoxy groups -OCH3 is 2. The van der Waals surface area contributed by atoms with Crippen molar-refractivity contribution in [2.75, 3.05) is 20.8 Å². The van der Waals surface area contributed by atoms with Gasteiger partial charge >= 0.3 is 0 Å². The molecule has 1 heterocycles. The predicted molar refractivity (Wildman–Crippen MR) is 97.0 cm³/mol. The average molecular weight is 340 g/mol. The van der Waals surface area contributed by atoms with Crippen LogP contribution in [0.3, 0.4) is 0 Å². The molecule has 0 spiro atoms. The third-order valence-electron chi connectivity index (χ3n) is 4.20. The molecule has 0 saturated heterocycles. The van der Waals surface area contributed by atoms with Gasteiger partial charge in [-0.3, -0.25) is 9.59 Å². The quantitative estimate of drug-likeness (QED) is 0.724. The van der Waals surface area contributed by atoms with Crippen molar-refractivity contribution in [3.63, 3.8) is 0 Å². The van der Waals surface area contributed by atoms with Crippen LogP contribution in [0.15, 0.2) is 47.3 Å². The number of nitrogens with one attached hydrogen (secondary N) is 1. The van der Waals surface area contributed by atoms with Gasteiger partial charge in [-0.2, -0.15) is 0 Å². The van der Waals surface area contributed by atoms with Crippen LogP contribution >= 0.6 is 0 Å². The Morgan fingerprint density at radius 1 is 1.12 bits per heavy atom. The number of amides is 1. The topological polar surface area (TPSA) is 69.6 Å². The number of benzene rings is 2. The lowest BCUT2D eigenvalue weighted by atomic mass is 10.1. The van der Waals surface area contributed by atoms with E-state index < -0.39 is 6.23 Å². The average Bonchev–Trinajstić information content (AvgIpc) is 2.63. The van der Waals surface area contributed by atoms with E-state index >= 15 is 0 Å². The SMILES string of the molecule is COc1ccc2c(c1)c(=O)c1ccccc1n2C(CNC(C)=O)OC. The van der Waals surface area contributed by atoms with Crippen molar-refractivity contribution in [1.29, 1.82) is 0 Å². The first-order valence-corrected chi connectivity index (χ1v) is 7.95. The minimum Gasteiger partial charge on any atom is -0.497 e. The van der Waals surface area contributed by atoms with E-state index in [9.17, 15) is 9.59 Å². The Hall–Kier alpha value is -2.86. The standard InChI is InChI=1S/C19H20N2O4/c1-12(22)20-11-18(25-3)21-16-7-5-4-6-14(16)19(23)15-10-13(24-2)8-9-17(15)21/h4-10,18H,11H2,1-3H3,(H,20,22). The molecule has 1 N–H and O–H groups in total. The van der Waals surface area contributed by atoms with Crippen LogP contribution in [-0.4, -0.2) is 31.2 Å². The monoisotopic (exact) mass is 340 g/mol. The Morgan fingerprint density at radius 3 is 2.52 bits per heavy atom. The fourth-order valence-corrected chi connectivity index (χ4v) is 3.01. The summed E-state index contributed by atoms with van der Waals surface area (Å²) in [5.41, 5.74) is 1.42. The van der Waals surface area contributed by atoms with E-state index in [1.54, 1.807) is 32.4 Å². The number of nitrogens with zero attached hydrogens (tertiary/aromatic N) is 1. The predicted octanol–water partition coefficient (Wildman–Crippen LogP) is 2.44. The number of aromatic nitrogens is 1. The maximum atomic E-state index is 12.9. The van der Waals surface area contributed by atoms with Gasteiger partial charge < -0.3 is 19.4 Å².